The Bertz CT molecular complexity index is 1060. The van der Waals surface area contributed by atoms with Crippen LogP contribution in [0.1, 0.15) is 6.92 Å². The Morgan fingerprint density at radius 2 is 2.11 bits per heavy atom. The maximum Gasteiger partial charge on any atom is 0.234 e. The number of pyridine rings is 1. The van der Waals surface area contributed by atoms with Crippen LogP contribution in [-0.2, 0) is 11.3 Å². The van der Waals surface area contributed by atoms with Crippen LogP contribution in [0.15, 0.2) is 60.4 Å². The van der Waals surface area contributed by atoms with Gasteiger partial charge in [-0.3, -0.25) is 4.79 Å². The molecule has 0 fully saturated rings. The van der Waals surface area contributed by atoms with Crippen LogP contribution in [0.3, 0.4) is 0 Å². The zero-order chi connectivity index (χ0) is 18.6. The van der Waals surface area contributed by atoms with E-state index in [1.165, 1.54) is 18.1 Å². The number of amides is 1. The molecule has 4 aromatic rings. The van der Waals surface area contributed by atoms with Crippen molar-refractivity contribution in [3.05, 3.63) is 55.2 Å². The molecule has 1 N–H and O–H groups in total. The van der Waals surface area contributed by atoms with Crippen molar-refractivity contribution in [3.63, 3.8) is 0 Å². The average molecular weight is 379 g/mol. The minimum atomic E-state index is -0.106. The van der Waals surface area contributed by atoms with Gasteiger partial charge in [-0.2, -0.15) is 5.10 Å². The number of aryl methyl sites for hydroxylation is 1. The Kier molecular flexibility index (Phi) is 4.84. The van der Waals surface area contributed by atoms with E-state index in [4.69, 9.17) is 0 Å². The van der Waals surface area contributed by atoms with E-state index < -0.39 is 0 Å². The van der Waals surface area contributed by atoms with E-state index in [1.54, 1.807) is 29.3 Å². The summed E-state index contributed by atoms with van der Waals surface area (Å²) in [6.07, 6.45) is 4.61. The second-order valence-corrected chi connectivity index (χ2v) is 6.65. The van der Waals surface area contributed by atoms with Gasteiger partial charge in [0, 0.05) is 6.54 Å². The van der Waals surface area contributed by atoms with Gasteiger partial charge < -0.3 is 9.88 Å². The number of fused-ring (bicyclic) bond motifs is 1. The lowest BCUT2D eigenvalue weighted by molar-refractivity contribution is -0.113. The molecule has 136 valence electrons. The number of nitrogens with zero attached hydrogens (tertiary/aromatic N) is 6. The van der Waals surface area contributed by atoms with Crippen molar-refractivity contribution in [3.8, 4) is 5.82 Å². The van der Waals surface area contributed by atoms with Crippen molar-refractivity contribution < 1.29 is 4.79 Å². The number of nitrogens with one attached hydrogen (secondary N) is 1. The van der Waals surface area contributed by atoms with Gasteiger partial charge in [-0.05, 0) is 31.2 Å². The molecule has 3 heterocycles. The highest BCUT2D eigenvalue weighted by molar-refractivity contribution is 7.99. The van der Waals surface area contributed by atoms with Gasteiger partial charge in [-0.25, -0.2) is 19.6 Å². The lowest BCUT2D eigenvalue weighted by atomic mass is 10.3. The summed E-state index contributed by atoms with van der Waals surface area (Å²) in [5, 5.41) is 7.71. The molecule has 0 aliphatic carbocycles. The molecule has 0 saturated heterocycles. The van der Waals surface area contributed by atoms with Crippen molar-refractivity contribution >= 4 is 34.4 Å². The van der Waals surface area contributed by atoms with Crippen LogP contribution in [0.25, 0.3) is 16.9 Å². The molecule has 4 rings (SSSR count). The summed E-state index contributed by atoms with van der Waals surface area (Å²) in [4.78, 5) is 25.1. The largest absolute Gasteiger partial charge is 0.324 e. The molecule has 0 aliphatic heterocycles. The predicted molar refractivity (Wildman–Crippen MR) is 104 cm³/mol. The van der Waals surface area contributed by atoms with E-state index in [0.29, 0.717) is 11.5 Å². The van der Waals surface area contributed by atoms with Crippen LogP contribution >= 0.6 is 11.8 Å². The summed E-state index contributed by atoms with van der Waals surface area (Å²) in [6, 6.07) is 11.5. The fourth-order valence-corrected chi connectivity index (χ4v) is 3.60. The van der Waals surface area contributed by atoms with Gasteiger partial charge >= 0.3 is 0 Å². The highest BCUT2D eigenvalue weighted by Crippen LogP contribution is 2.24. The topological polar surface area (TPSA) is 90.5 Å². The third-order valence-corrected chi connectivity index (χ3v) is 4.93. The number of hydrogen-bond acceptors (Lipinski definition) is 6. The van der Waals surface area contributed by atoms with E-state index in [0.717, 1.165) is 22.7 Å². The lowest BCUT2D eigenvalue weighted by Crippen LogP contribution is -2.15. The van der Waals surface area contributed by atoms with Crippen LogP contribution < -0.4 is 5.32 Å². The first-order valence-electron chi connectivity index (χ1n) is 8.43. The number of hydrogen-bond donors (Lipinski definition) is 1. The summed E-state index contributed by atoms with van der Waals surface area (Å²) in [5.74, 6) is 0.801. The van der Waals surface area contributed by atoms with Gasteiger partial charge in [0.15, 0.2) is 11.0 Å². The normalized spacial score (nSPS) is 11.0. The summed E-state index contributed by atoms with van der Waals surface area (Å²) in [6.45, 7) is 2.87. The number of benzene rings is 1. The summed E-state index contributed by atoms with van der Waals surface area (Å²) in [5.41, 5.74) is 2.65. The first-order valence-corrected chi connectivity index (χ1v) is 9.42. The number of aromatic nitrogens is 6. The molecule has 9 heteroatoms. The Balaban J connectivity index is 1.40. The summed E-state index contributed by atoms with van der Waals surface area (Å²) < 4.78 is 3.67. The molecule has 0 bridgehead atoms. The SMILES string of the molecule is CCn1c(SCC(=O)Nc2ccc(-n3cncn3)nc2)nc2ccccc21. The van der Waals surface area contributed by atoms with Gasteiger partial charge in [0.05, 0.1) is 28.7 Å². The first-order chi connectivity index (χ1) is 13.2. The van der Waals surface area contributed by atoms with Crippen molar-refractivity contribution in [2.24, 2.45) is 0 Å². The van der Waals surface area contributed by atoms with Crippen molar-refractivity contribution in [1.29, 1.82) is 0 Å². The number of anilines is 1. The maximum atomic E-state index is 12.3. The summed E-state index contributed by atoms with van der Waals surface area (Å²) in [7, 11) is 0. The smallest absolute Gasteiger partial charge is 0.234 e. The Morgan fingerprint density at radius 3 is 2.85 bits per heavy atom. The van der Waals surface area contributed by atoms with E-state index in [2.05, 4.69) is 36.9 Å². The standard InChI is InChI=1S/C18H17N7OS/c1-2-24-15-6-4-3-5-14(15)23-18(24)27-10-17(26)22-13-7-8-16(20-9-13)25-12-19-11-21-25/h3-9,11-12H,2,10H2,1H3,(H,22,26). The number of para-hydroxylation sites is 2. The van der Waals surface area contributed by atoms with Crippen LogP contribution in [-0.4, -0.2) is 41.0 Å². The van der Waals surface area contributed by atoms with Crippen molar-refractivity contribution in [2.75, 3.05) is 11.1 Å². The van der Waals surface area contributed by atoms with Crippen LogP contribution in [0.5, 0.6) is 0 Å². The average Bonchev–Trinajstić information content (AvgIpc) is 3.34. The van der Waals surface area contributed by atoms with E-state index in [1.807, 2.05) is 24.3 Å². The quantitative estimate of drug-likeness (QED) is 0.518. The molecular weight excluding hydrogens is 362 g/mol. The third-order valence-electron chi connectivity index (χ3n) is 3.95. The zero-order valence-corrected chi connectivity index (χ0v) is 15.4. The molecule has 0 atom stereocenters. The molecule has 8 nitrogen and oxygen atoms in total. The van der Waals surface area contributed by atoms with E-state index >= 15 is 0 Å². The number of rotatable bonds is 6. The van der Waals surface area contributed by atoms with Crippen molar-refractivity contribution in [1.82, 2.24) is 29.3 Å². The minimum absolute atomic E-state index is 0.106. The third kappa shape index (κ3) is 3.68. The van der Waals surface area contributed by atoms with Gasteiger partial charge in [0.1, 0.15) is 12.7 Å². The minimum Gasteiger partial charge on any atom is -0.324 e. The highest BCUT2D eigenvalue weighted by atomic mass is 32.2. The predicted octanol–water partition coefficient (Wildman–Crippen LogP) is 2.76. The van der Waals surface area contributed by atoms with Gasteiger partial charge in [0.25, 0.3) is 0 Å². The lowest BCUT2D eigenvalue weighted by Gasteiger charge is -2.07. The number of carbonyl (C=O) groups is 1. The highest BCUT2D eigenvalue weighted by Gasteiger charge is 2.12. The zero-order valence-electron chi connectivity index (χ0n) is 14.6. The summed E-state index contributed by atoms with van der Waals surface area (Å²) >= 11 is 1.42. The second kappa shape index (κ2) is 7.58. The molecule has 0 saturated carbocycles. The molecule has 0 radical (unpaired) electrons. The number of thioether (sulfide) groups is 1. The molecule has 0 spiro atoms. The molecule has 1 aromatic carbocycles. The van der Waals surface area contributed by atoms with Gasteiger partial charge in [-0.1, -0.05) is 23.9 Å². The first kappa shape index (κ1) is 17.2. The van der Waals surface area contributed by atoms with Gasteiger partial charge in [-0.15, -0.1) is 0 Å². The Morgan fingerprint density at radius 1 is 1.22 bits per heavy atom. The molecule has 3 aromatic heterocycles. The van der Waals surface area contributed by atoms with Crippen LogP contribution in [0.2, 0.25) is 0 Å². The molecule has 0 aliphatic rings. The Hall–Kier alpha value is -3.20. The van der Waals surface area contributed by atoms with E-state index in [9.17, 15) is 4.79 Å². The van der Waals surface area contributed by atoms with Crippen LogP contribution in [0, 0.1) is 0 Å². The number of carbonyl (C=O) groups excluding carboxylic acids is 1. The van der Waals surface area contributed by atoms with E-state index in [-0.39, 0.29) is 11.7 Å². The van der Waals surface area contributed by atoms with Crippen LogP contribution in [0.4, 0.5) is 5.69 Å². The molecule has 1 amide bonds. The van der Waals surface area contributed by atoms with Gasteiger partial charge in [0.2, 0.25) is 5.91 Å². The maximum absolute atomic E-state index is 12.3. The Labute approximate surface area is 159 Å². The van der Waals surface area contributed by atoms with Crippen molar-refractivity contribution in [2.45, 2.75) is 18.6 Å². The molecule has 0 unspecified atom stereocenters. The fourth-order valence-electron chi connectivity index (χ4n) is 2.72. The fraction of sp³-hybridized carbons (Fsp3) is 0.167. The second-order valence-electron chi connectivity index (χ2n) is 5.71. The monoisotopic (exact) mass is 379 g/mol. The molecular formula is C18H17N7OS. The molecule has 27 heavy (non-hydrogen) atoms. The number of imidazole rings is 1.